The Morgan fingerprint density at radius 1 is 1.40 bits per heavy atom. The summed E-state index contributed by atoms with van der Waals surface area (Å²) in [6.07, 6.45) is -4.48. The Morgan fingerprint density at radius 3 is 2.85 bits per heavy atom. The largest absolute Gasteiger partial charge is 0.416 e. The summed E-state index contributed by atoms with van der Waals surface area (Å²) in [5.41, 5.74) is -0.536. The van der Waals surface area contributed by atoms with Gasteiger partial charge in [0.25, 0.3) is 0 Å². The number of hydrogen-bond acceptors (Lipinski definition) is 4. The lowest BCUT2D eigenvalue weighted by atomic mass is 10.1. The number of hydrogen-bond donors (Lipinski definition) is 3. The van der Waals surface area contributed by atoms with E-state index in [1.807, 2.05) is 0 Å². The second-order valence-corrected chi connectivity index (χ2v) is 4.53. The van der Waals surface area contributed by atoms with Gasteiger partial charge in [-0.05, 0) is 24.1 Å². The molecule has 1 aliphatic heterocycles. The summed E-state index contributed by atoms with van der Waals surface area (Å²) < 4.78 is 37.7. The van der Waals surface area contributed by atoms with Crippen LogP contribution in [0, 0.1) is 0 Å². The summed E-state index contributed by atoms with van der Waals surface area (Å²) in [6.45, 7) is 1.60. The molecule has 1 heterocycles. The molecular formula is C13H16F3N3O. The fourth-order valence-corrected chi connectivity index (χ4v) is 1.88. The van der Waals surface area contributed by atoms with E-state index in [-0.39, 0.29) is 12.1 Å². The van der Waals surface area contributed by atoms with Crippen LogP contribution in [-0.4, -0.2) is 30.7 Å². The van der Waals surface area contributed by atoms with Gasteiger partial charge in [0.05, 0.1) is 11.7 Å². The van der Waals surface area contributed by atoms with Crippen molar-refractivity contribution in [3.63, 3.8) is 0 Å². The smallest absolute Gasteiger partial charge is 0.387 e. The van der Waals surface area contributed by atoms with E-state index in [0.717, 1.165) is 25.1 Å². The third-order valence-corrected chi connectivity index (χ3v) is 2.96. The highest BCUT2D eigenvalue weighted by Crippen LogP contribution is 2.30. The van der Waals surface area contributed by atoms with Gasteiger partial charge in [0.15, 0.2) is 5.96 Å². The fraction of sp³-hybridized carbons (Fsp3) is 0.462. The average Bonchev–Trinajstić information content (AvgIpc) is 2.45. The molecule has 20 heavy (non-hydrogen) atoms. The monoisotopic (exact) mass is 287 g/mol. The van der Waals surface area contributed by atoms with Gasteiger partial charge < -0.3 is 15.7 Å². The predicted octanol–water partition coefficient (Wildman–Crippen LogP) is 1.68. The topological polar surface area (TPSA) is 56.6 Å². The standard InChI is InChI=1S/C13H16F3N3O/c14-13(15,16)10-4-1-3-9(7-10)11(20)8-19-12-17-5-2-6-18-12/h1,3-4,7,11,20H,2,5-6,8H2,(H2,17,18,19). The summed E-state index contributed by atoms with van der Waals surface area (Å²) in [5, 5.41) is 15.8. The highest BCUT2D eigenvalue weighted by molar-refractivity contribution is 5.80. The van der Waals surface area contributed by atoms with Gasteiger partial charge in [-0.25, -0.2) is 0 Å². The van der Waals surface area contributed by atoms with Crippen molar-refractivity contribution in [3.8, 4) is 0 Å². The first-order valence-electron chi connectivity index (χ1n) is 6.34. The fourth-order valence-electron chi connectivity index (χ4n) is 1.88. The Morgan fingerprint density at radius 2 is 2.20 bits per heavy atom. The Balaban J connectivity index is 1.98. The lowest BCUT2D eigenvalue weighted by Gasteiger charge is -2.19. The van der Waals surface area contributed by atoms with Crippen LogP contribution in [0.2, 0.25) is 0 Å². The molecule has 1 unspecified atom stereocenters. The highest BCUT2D eigenvalue weighted by atomic mass is 19.4. The maximum Gasteiger partial charge on any atom is 0.416 e. The van der Waals surface area contributed by atoms with Gasteiger partial charge in [0, 0.05) is 19.6 Å². The van der Waals surface area contributed by atoms with Crippen LogP contribution in [0.4, 0.5) is 13.2 Å². The summed E-state index contributed by atoms with van der Waals surface area (Å²) in [5.74, 6) is 0.572. The summed E-state index contributed by atoms with van der Waals surface area (Å²) >= 11 is 0. The molecule has 1 atom stereocenters. The average molecular weight is 287 g/mol. The van der Waals surface area contributed by atoms with Crippen LogP contribution in [-0.2, 0) is 6.18 Å². The molecule has 1 aromatic rings. The molecular weight excluding hydrogens is 271 g/mol. The lowest BCUT2D eigenvalue weighted by Crippen LogP contribution is -2.42. The lowest BCUT2D eigenvalue weighted by molar-refractivity contribution is -0.137. The van der Waals surface area contributed by atoms with E-state index in [2.05, 4.69) is 15.6 Å². The van der Waals surface area contributed by atoms with E-state index < -0.39 is 17.8 Å². The molecule has 4 nitrogen and oxygen atoms in total. The van der Waals surface area contributed by atoms with Crippen LogP contribution in [0.1, 0.15) is 23.7 Å². The number of guanidine groups is 1. The zero-order chi connectivity index (χ0) is 14.6. The number of alkyl halides is 3. The zero-order valence-corrected chi connectivity index (χ0v) is 10.7. The number of aliphatic hydroxyl groups is 1. The Bertz CT molecular complexity index is 488. The molecule has 0 saturated carbocycles. The van der Waals surface area contributed by atoms with Gasteiger partial charge in [0.1, 0.15) is 0 Å². The molecule has 7 heteroatoms. The first kappa shape index (κ1) is 14.6. The molecule has 0 spiro atoms. The van der Waals surface area contributed by atoms with Crippen molar-refractivity contribution in [2.75, 3.05) is 19.6 Å². The number of benzene rings is 1. The van der Waals surface area contributed by atoms with E-state index in [0.29, 0.717) is 12.5 Å². The van der Waals surface area contributed by atoms with Crippen molar-refractivity contribution >= 4 is 5.96 Å². The van der Waals surface area contributed by atoms with E-state index in [1.165, 1.54) is 12.1 Å². The molecule has 3 N–H and O–H groups in total. The Labute approximate surface area is 114 Å². The minimum atomic E-state index is -4.40. The predicted molar refractivity (Wildman–Crippen MR) is 69.3 cm³/mol. The minimum absolute atomic E-state index is 0.104. The van der Waals surface area contributed by atoms with Crippen molar-refractivity contribution in [1.82, 2.24) is 10.6 Å². The van der Waals surface area contributed by atoms with Gasteiger partial charge in [-0.1, -0.05) is 12.1 Å². The van der Waals surface area contributed by atoms with Crippen LogP contribution < -0.4 is 10.6 Å². The van der Waals surface area contributed by atoms with Gasteiger partial charge in [-0.2, -0.15) is 13.2 Å². The van der Waals surface area contributed by atoms with Gasteiger partial charge in [-0.3, -0.25) is 4.99 Å². The number of aliphatic imine (C=N–C) groups is 1. The first-order valence-corrected chi connectivity index (χ1v) is 6.34. The maximum atomic E-state index is 12.6. The number of halogens is 3. The summed E-state index contributed by atoms with van der Waals surface area (Å²) in [4.78, 5) is 4.16. The first-order chi connectivity index (χ1) is 9.47. The molecule has 0 saturated heterocycles. The van der Waals surface area contributed by atoms with Gasteiger partial charge >= 0.3 is 6.18 Å². The molecule has 0 radical (unpaired) electrons. The summed E-state index contributed by atoms with van der Waals surface area (Å²) in [6, 6.07) is 4.70. The zero-order valence-electron chi connectivity index (χ0n) is 10.7. The quantitative estimate of drug-likeness (QED) is 0.793. The molecule has 0 bridgehead atoms. The van der Waals surface area contributed by atoms with Gasteiger partial charge in [0.2, 0.25) is 0 Å². The van der Waals surface area contributed by atoms with Crippen molar-refractivity contribution in [3.05, 3.63) is 35.4 Å². The molecule has 0 amide bonds. The molecule has 2 rings (SSSR count). The molecule has 1 aromatic carbocycles. The highest BCUT2D eigenvalue weighted by Gasteiger charge is 2.30. The van der Waals surface area contributed by atoms with Crippen molar-refractivity contribution in [2.45, 2.75) is 18.7 Å². The SMILES string of the molecule is OC(CNC1=NCCCN1)c1cccc(C(F)(F)F)c1. The molecule has 0 aliphatic carbocycles. The summed E-state index contributed by atoms with van der Waals surface area (Å²) in [7, 11) is 0. The molecule has 0 aromatic heterocycles. The maximum absolute atomic E-state index is 12.6. The van der Waals surface area contributed by atoms with Gasteiger partial charge in [-0.15, -0.1) is 0 Å². The Kier molecular flexibility index (Phi) is 4.49. The molecule has 0 fully saturated rings. The van der Waals surface area contributed by atoms with Crippen LogP contribution in [0.15, 0.2) is 29.3 Å². The Hall–Kier alpha value is -1.76. The van der Waals surface area contributed by atoms with Crippen molar-refractivity contribution in [1.29, 1.82) is 0 Å². The second-order valence-electron chi connectivity index (χ2n) is 4.53. The van der Waals surface area contributed by atoms with Crippen LogP contribution in [0.3, 0.4) is 0 Å². The normalized spacial score (nSPS) is 17.1. The molecule has 1 aliphatic rings. The number of rotatable bonds is 3. The van der Waals surface area contributed by atoms with E-state index in [1.54, 1.807) is 0 Å². The third-order valence-electron chi connectivity index (χ3n) is 2.96. The number of nitrogens with one attached hydrogen (secondary N) is 2. The van der Waals surface area contributed by atoms with E-state index in [9.17, 15) is 18.3 Å². The van der Waals surface area contributed by atoms with E-state index >= 15 is 0 Å². The third kappa shape index (κ3) is 3.86. The number of aliphatic hydroxyl groups excluding tert-OH is 1. The molecule has 110 valence electrons. The van der Waals surface area contributed by atoms with E-state index in [4.69, 9.17) is 0 Å². The van der Waals surface area contributed by atoms with Crippen molar-refractivity contribution in [2.24, 2.45) is 4.99 Å². The number of nitrogens with zero attached hydrogens (tertiary/aromatic N) is 1. The van der Waals surface area contributed by atoms with Crippen LogP contribution in [0.25, 0.3) is 0 Å². The minimum Gasteiger partial charge on any atom is -0.387 e. The van der Waals surface area contributed by atoms with Crippen LogP contribution in [0.5, 0.6) is 0 Å². The second kappa shape index (κ2) is 6.13. The van der Waals surface area contributed by atoms with Crippen molar-refractivity contribution < 1.29 is 18.3 Å². The van der Waals surface area contributed by atoms with Crippen LogP contribution >= 0.6 is 0 Å².